The van der Waals surface area contributed by atoms with E-state index in [2.05, 4.69) is 4.98 Å². The number of aromatic nitrogens is 1. The van der Waals surface area contributed by atoms with Crippen molar-refractivity contribution in [1.82, 2.24) is 4.98 Å². The van der Waals surface area contributed by atoms with Crippen molar-refractivity contribution in [3.8, 4) is 0 Å². The molecular formula is C9H7ClF2INO2. The molecule has 0 fully saturated rings. The van der Waals surface area contributed by atoms with E-state index >= 15 is 0 Å². The number of alkyl halides is 3. The van der Waals surface area contributed by atoms with Crippen molar-refractivity contribution >= 4 is 40.2 Å². The normalized spacial score (nSPS) is 10.8. The van der Waals surface area contributed by atoms with Gasteiger partial charge in [0, 0.05) is 9.13 Å². The highest BCUT2D eigenvalue weighted by Crippen LogP contribution is 2.27. The Morgan fingerprint density at radius 2 is 2.25 bits per heavy atom. The lowest BCUT2D eigenvalue weighted by Gasteiger charge is -2.09. The van der Waals surface area contributed by atoms with Crippen LogP contribution in [0.3, 0.4) is 0 Å². The highest BCUT2D eigenvalue weighted by atomic mass is 127. The van der Waals surface area contributed by atoms with Gasteiger partial charge in [0.1, 0.15) is 5.69 Å². The van der Waals surface area contributed by atoms with E-state index in [1.807, 2.05) is 22.6 Å². The Balaban J connectivity index is 3.22. The molecule has 1 heterocycles. The minimum atomic E-state index is -2.75. The molecule has 3 nitrogen and oxygen atoms in total. The smallest absolute Gasteiger partial charge is 0.309 e. The van der Waals surface area contributed by atoms with Crippen LogP contribution < -0.4 is 0 Å². The van der Waals surface area contributed by atoms with Crippen LogP contribution in [0.5, 0.6) is 0 Å². The Hall–Kier alpha value is -0.500. The van der Waals surface area contributed by atoms with E-state index in [1.54, 1.807) is 0 Å². The Morgan fingerprint density at radius 3 is 2.69 bits per heavy atom. The van der Waals surface area contributed by atoms with E-state index in [9.17, 15) is 13.6 Å². The molecule has 1 rings (SSSR count). The Labute approximate surface area is 109 Å². The SMILES string of the molecule is O=C(O)Cc1cc(I)c(CCl)c(C(F)F)n1. The zero-order valence-corrected chi connectivity index (χ0v) is 10.8. The molecule has 0 aliphatic carbocycles. The first-order valence-corrected chi connectivity index (χ1v) is 5.81. The fourth-order valence-corrected chi connectivity index (χ4v) is 2.50. The number of carboxylic acid groups (broad SMARTS) is 1. The van der Waals surface area contributed by atoms with Gasteiger partial charge in [-0.15, -0.1) is 11.6 Å². The zero-order chi connectivity index (χ0) is 12.3. The zero-order valence-electron chi connectivity index (χ0n) is 7.88. The van der Waals surface area contributed by atoms with Gasteiger partial charge in [-0.05, 0) is 28.7 Å². The second-order valence-corrected chi connectivity index (χ2v) is 4.39. The average molecular weight is 362 g/mol. The fraction of sp³-hybridized carbons (Fsp3) is 0.333. The molecule has 0 unspecified atom stereocenters. The molecule has 0 saturated carbocycles. The van der Waals surface area contributed by atoms with Gasteiger partial charge >= 0.3 is 5.97 Å². The van der Waals surface area contributed by atoms with Crippen LogP contribution in [-0.2, 0) is 17.1 Å². The molecule has 0 bridgehead atoms. The first kappa shape index (κ1) is 13.6. The van der Waals surface area contributed by atoms with Crippen LogP contribution in [0.25, 0.3) is 0 Å². The minimum absolute atomic E-state index is 0.0711. The molecule has 88 valence electrons. The van der Waals surface area contributed by atoms with E-state index in [4.69, 9.17) is 16.7 Å². The second-order valence-electron chi connectivity index (χ2n) is 2.96. The third-order valence-corrected chi connectivity index (χ3v) is 3.06. The molecule has 1 N–H and O–H groups in total. The summed E-state index contributed by atoms with van der Waals surface area (Å²) in [6.07, 6.45) is -3.13. The van der Waals surface area contributed by atoms with Crippen molar-refractivity contribution in [2.24, 2.45) is 0 Å². The molecule has 7 heteroatoms. The highest BCUT2D eigenvalue weighted by Gasteiger charge is 2.19. The monoisotopic (exact) mass is 361 g/mol. The molecule has 1 aromatic heterocycles. The van der Waals surface area contributed by atoms with Gasteiger partial charge < -0.3 is 5.11 Å². The van der Waals surface area contributed by atoms with Crippen molar-refractivity contribution < 1.29 is 18.7 Å². The van der Waals surface area contributed by atoms with Crippen LogP contribution in [0.15, 0.2) is 6.07 Å². The highest BCUT2D eigenvalue weighted by molar-refractivity contribution is 14.1. The number of carbonyl (C=O) groups is 1. The summed E-state index contributed by atoms with van der Waals surface area (Å²) in [6, 6.07) is 1.46. The molecule has 0 radical (unpaired) electrons. The molecule has 0 amide bonds. The van der Waals surface area contributed by atoms with Crippen LogP contribution in [0.2, 0.25) is 0 Å². The van der Waals surface area contributed by atoms with Gasteiger partial charge in [-0.25, -0.2) is 8.78 Å². The van der Waals surface area contributed by atoms with E-state index in [1.165, 1.54) is 6.07 Å². The predicted molar refractivity (Wildman–Crippen MR) is 62.8 cm³/mol. The van der Waals surface area contributed by atoms with E-state index in [-0.39, 0.29) is 23.6 Å². The number of hydrogen-bond donors (Lipinski definition) is 1. The third-order valence-electron chi connectivity index (χ3n) is 1.83. The molecule has 0 aliphatic rings. The lowest BCUT2D eigenvalue weighted by molar-refractivity contribution is -0.136. The molecule has 0 aromatic carbocycles. The summed E-state index contributed by atoms with van der Waals surface area (Å²) in [4.78, 5) is 14.1. The van der Waals surface area contributed by atoms with E-state index in [0.29, 0.717) is 3.57 Å². The average Bonchev–Trinajstić information content (AvgIpc) is 2.15. The van der Waals surface area contributed by atoms with Gasteiger partial charge in [0.15, 0.2) is 0 Å². The van der Waals surface area contributed by atoms with Gasteiger partial charge in [-0.3, -0.25) is 9.78 Å². The number of pyridine rings is 1. The number of nitrogens with zero attached hydrogens (tertiary/aromatic N) is 1. The molecule has 0 spiro atoms. The van der Waals surface area contributed by atoms with E-state index < -0.39 is 18.1 Å². The Bertz CT molecular complexity index is 415. The third kappa shape index (κ3) is 3.24. The molecule has 0 atom stereocenters. The summed E-state index contributed by atoms with van der Waals surface area (Å²) >= 11 is 7.39. The lowest BCUT2D eigenvalue weighted by Crippen LogP contribution is -2.08. The largest absolute Gasteiger partial charge is 0.481 e. The summed E-state index contributed by atoms with van der Waals surface area (Å²) in [5.74, 6) is -1.18. The number of carboxylic acids is 1. The maximum absolute atomic E-state index is 12.6. The molecule has 0 saturated heterocycles. The van der Waals surface area contributed by atoms with Crippen LogP contribution in [0.1, 0.15) is 23.4 Å². The summed E-state index contributed by atoms with van der Waals surface area (Å²) < 4.78 is 25.8. The molecule has 0 aliphatic heterocycles. The van der Waals surface area contributed by atoms with Crippen molar-refractivity contribution in [3.63, 3.8) is 0 Å². The number of halogens is 4. The van der Waals surface area contributed by atoms with Crippen LogP contribution >= 0.6 is 34.2 Å². The predicted octanol–water partition coefficient (Wildman–Crippen LogP) is 2.99. The first-order valence-electron chi connectivity index (χ1n) is 4.19. The summed E-state index contributed by atoms with van der Waals surface area (Å²) in [6.45, 7) is 0. The van der Waals surface area contributed by atoms with Gasteiger partial charge in [0.2, 0.25) is 0 Å². The molecular weight excluding hydrogens is 354 g/mol. The molecule has 1 aromatic rings. The van der Waals surface area contributed by atoms with Gasteiger partial charge in [0.05, 0.1) is 18.0 Å². The number of rotatable bonds is 4. The second kappa shape index (κ2) is 5.72. The van der Waals surface area contributed by atoms with Crippen molar-refractivity contribution in [2.45, 2.75) is 18.7 Å². The standard InChI is InChI=1S/C9H7ClF2INO2/c10-3-5-6(13)1-4(2-7(15)16)14-8(5)9(11)12/h1,9H,2-3H2,(H,15,16). The van der Waals surface area contributed by atoms with Gasteiger partial charge in [0.25, 0.3) is 6.43 Å². The Kier molecular flexibility index (Phi) is 4.85. The number of hydrogen-bond acceptors (Lipinski definition) is 2. The quantitative estimate of drug-likeness (QED) is 0.662. The van der Waals surface area contributed by atoms with Crippen molar-refractivity contribution in [2.75, 3.05) is 0 Å². The topological polar surface area (TPSA) is 50.2 Å². The van der Waals surface area contributed by atoms with Crippen molar-refractivity contribution in [1.29, 1.82) is 0 Å². The number of aliphatic carboxylic acids is 1. The molecule has 16 heavy (non-hydrogen) atoms. The minimum Gasteiger partial charge on any atom is -0.481 e. The van der Waals surface area contributed by atoms with Gasteiger partial charge in [-0.1, -0.05) is 0 Å². The maximum atomic E-state index is 12.6. The Morgan fingerprint density at radius 1 is 1.62 bits per heavy atom. The first-order chi connectivity index (χ1) is 7.45. The fourth-order valence-electron chi connectivity index (χ4n) is 1.17. The van der Waals surface area contributed by atoms with Crippen LogP contribution in [-0.4, -0.2) is 16.1 Å². The van der Waals surface area contributed by atoms with Crippen LogP contribution in [0, 0.1) is 3.57 Å². The summed E-state index contributed by atoms with van der Waals surface area (Å²) in [7, 11) is 0. The summed E-state index contributed by atoms with van der Waals surface area (Å²) in [5, 5.41) is 8.56. The van der Waals surface area contributed by atoms with Crippen molar-refractivity contribution in [3.05, 3.63) is 26.6 Å². The lowest BCUT2D eigenvalue weighted by atomic mass is 10.1. The van der Waals surface area contributed by atoms with Gasteiger partial charge in [-0.2, -0.15) is 0 Å². The van der Waals surface area contributed by atoms with Crippen LogP contribution in [0.4, 0.5) is 8.78 Å². The summed E-state index contributed by atoms with van der Waals surface area (Å²) in [5.41, 5.74) is -0.0642. The van der Waals surface area contributed by atoms with E-state index in [0.717, 1.165) is 0 Å². The maximum Gasteiger partial charge on any atom is 0.309 e.